The third kappa shape index (κ3) is 0.844. The van der Waals surface area contributed by atoms with Crippen LogP contribution in [0.15, 0.2) is 10.2 Å². The highest BCUT2D eigenvalue weighted by atomic mass is 15.4. The van der Waals surface area contributed by atoms with E-state index in [0.29, 0.717) is 11.6 Å². The molecule has 0 amide bonds. The van der Waals surface area contributed by atoms with Gasteiger partial charge in [0.1, 0.15) is 0 Å². The summed E-state index contributed by atoms with van der Waals surface area (Å²) < 4.78 is 0. The maximum atomic E-state index is 4.22. The van der Waals surface area contributed by atoms with E-state index >= 15 is 0 Å². The second-order valence-electron chi connectivity index (χ2n) is 5.88. The lowest BCUT2D eigenvalue weighted by atomic mass is 9.49. The molecule has 0 aromatic carbocycles. The largest absolute Gasteiger partial charge is 0.186 e. The Balaban J connectivity index is 1.72. The predicted molar refractivity (Wildman–Crippen MR) is 49.2 cm³/mol. The van der Waals surface area contributed by atoms with Crippen molar-refractivity contribution >= 4 is 0 Å². The van der Waals surface area contributed by atoms with Crippen LogP contribution in [0.4, 0.5) is 0 Å². The topological polar surface area (TPSA) is 24.7 Å². The van der Waals surface area contributed by atoms with Crippen molar-refractivity contribution in [2.24, 2.45) is 33.4 Å². The van der Waals surface area contributed by atoms with Crippen LogP contribution >= 0.6 is 0 Å². The second-order valence-corrected chi connectivity index (χ2v) is 5.88. The quantitative estimate of drug-likeness (QED) is 0.586. The third-order valence-corrected chi connectivity index (χ3v) is 4.86. The van der Waals surface area contributed by atoms with E-state index in [0.717, 1.165) is 17.8 Å². The molecule has 2 heteroatoms. The van der Waals surface area contributed by atoms with Gasteiger partial charge in [0.15, 0.2) is 6.17 Å². The predicted octanol–water partition coefficient (Wildman–Crippen LogP) is 2.99. The van der Waals surface area contributed by atoms with E-state index in [-0.39, 0.29) is 0 Å². The Kier molecular flexibility index (Phi) is 1.07. The molecule has 0 radical (unpaired) electrons. The van der Waals surface area contributed by atoms with Gasteiger partial charge in [0.2, 0.25) is 0 Å². The van der Waals surface area contributed by atoms with E-state index in [1.54, 1.807) is 0 Å². The van der Waals surface area contributed by atoms with Gasteiger partial charge in [0, 0.05) is 5.41 Å². The standard InChI is InChI=1S/C11H16N2/c1-7-2-9-3-8(1)5-11(4-7,6-9)10-12-13-10/h7-10H,1-6H2. The Morgan fingerprint density at radius 1 is 0.769 bits per heavy atom. The summed E-state index contributed by atoms with van der Waals surface area (Å²) >= 11 is 0. The lowest BCUT2D eigenvalue weighted by Gasteiger charge is -2.55. The first-order valence-electron chi connectivity index (χ1n) is 5.74. The van der Waals surface area contributed by atoms with Gasteiger partial charge < -0.3 is 0 Å². The van der Waals surface area contributed by atoms with Gasteiger partial charge in [-0.2, -0.15) is 10.2 Å². The Bertz CT molecular complexity index is 241. The molecule has 1 heterocycles. The van der Waals surface area contributed by atoms with Crippen LogP contribution in [-0.2, 0) is 0 Å². The molecular weight excluding hydrogens is 160 g/mol. The molecule has 0 atom stereocenters. The number of rotatable bonds is 1. The van der Waals surface area contributed by atoms with Gasteiger partial charge >= 0.3 is 0 Å². The molecule has 0 unspecified atom stereocenters. The SMILES string of the molecule is C1C2CC3CC1CC(C1N=N1)(C2)C3. The van der Waals surface area contributed by atoms with Crippen LogP contribution in [-0.4, -0.2) is 6.17 Å². The summed E-state index contributed by atoms with van der Waals surface area (Å²) in [5.74, 6) is 3.16. The lowest BCUT2D eigenvalue weighted by molar-refractivity contribution is -0.0548. The fourth-order valence-corrected chi connectivity index (χ4v) is 4.77. The molecule has 2 nitrogen and oxygen atoms in total. The van der Waals surface area contributed by atoms with E-state index < -0.39 is 0 Å². The highest BCUT2D eigenvalue weighted by molar-refractivity contribution is 5.07. The fraction of sp³-hybridized carbons (Fsp3) is 1.00. The van der Waals surface area contributed by atoms with Crippen LogP contribution in [0.5, 0.6) is 0 Å². The van der Waals surface area contributed by atoms with Crippen LogP contribution in [0.3, 0.4) is 0 Å². The minimum Gasteiger partial charge on any atom is -0.162 e. The Morgan fingerprint density at radius 2 is 1.23 bits per heavy atom. The van der Waals surface area contributed by atoms with Crippen molar-refractivity contribution in [1.82, 2.24) is 0 Å². The van der Waals surface area contributed by atoms with Crippen LogP contribution in [0.2, 0.25) is 0 Å². The van der Waals surface area contributed by atoms with Crippen LogP contribution < -0.4 is 0 Å². The molecule has 5 aliphatic rings. The highest BCUT2D eigenvalue weighted by Gasteiger charge is 2.57. The normalized spacial score (nSPS) is 57.4. The Morgan fingerprint density at radius 3 is 1.62 bits per heavy atom. The Hall–Kier alpha value is -0.400. The summed E-state index contributed by atoms with van der Waals surface area (Å²) in [5, 5.41) is 8.43. The zero-order valence-corrected chi connectivity index (χ0v) is 7.95. The van der Waals surface area contributed by atoms with E-state index in [2.05, 4.69) is 10.2 Å². The molecule has 4 aliphatic carbocycles. The van der Waals surface area contributed by atoms with Gasteiger partial charge in [-0.25, -0.2) is 0 Å². The zero-order chi connectivity index (χ0) is 8.47. The molecule has 0 N–H and O–H groups in total. The molecule has 4 saturated carbocycles. The minimum atomic E-state index is 0.445. The maximum Gasteiger partial charge on any atom is 0.186 e. The monoisotopic (exact) mass is 176 g/mol. The number of hydrogen-bond donors (Lipinski definition) is 0. The molecule has 5 rings (SSSR count). The van der Waals surface area contributed by atoms with Gasteiger partial charge in [0.05, 0.1) is 0 Å². The zero-order valence-electron chi connectivity index (χ0n) is 7.95. The van der Waals surface area contributed by atoms with Gasteiger partial charge in [-0.05, 0) is 56.3 Å². The lowest BCUT2D eigenvalue weighted by Crippen LogP contribution is -2.48. The summed E-state index contributed by atoms with van der Waals surface area (Å²) in [4.78, 5) is 0. The van der Waals surface area contributed by atoms with Crippen molar-refractivity contribution in [3.05, 3.63) is 0 Å². The fourth-order valence-electron chi connectivity index (χ4n) is 4.77. The molecule has 1 aliphatic heterocycles. The average molecular weight is 176 g/mol. The molecular formula is C11H16N2. The number of hydrogen-bond acceptors (Lipinski definition) is 2. The molecule has 4 fully saturated rings. The molecule has 0 saturated heterocycles. The van der Waals surface area contributed by atoms with E-state index in [1.165, 1.54) is 38.5 Å². The molecule has 70 valence electrons. The first-order valence-corrected chi connectivity index (χ1v) is 5.74. The Labute approximate surface area is 78.8 Å². The van der Waals surface area contributed by atoms with Crippen molar-refractivity contribution in [1.29, 1.82) is 0 Å². The third-order valence-electron chi connectivity index (χ3n) is 4.86. The molecule has 4 bridgehead atoms. The summed E-state index contributed by atoms with van der Waals surface area (Å²) in [7, 11) is 0. The van der Waals surface area contributed by atoms with Gasteiger partial charge in [-0.3, -0.25) is 0 Å². The molecule has 13 heavy (non-hydrogen) atoms. The second kappa shape index (κ2) is 1.99. The summed E-state index contributed by atoms with van der Waals surface area (Å²) in [5.41, 5.74) is 0.578. The summed E-state index contributed by atoms with van der Waals surface area (Å²) in [6, 6.07) is 0. The van der Waals surface area contributed by atoms with Crippen molar-refractivity contribution in [3.63, 3.8) is 0 Å². The van der Waals surface area contributed by atoms with E-state index in [4.69, 9.17) is 0 Å². The summed E-state index contributed by atoms with van der Waals surface area (Å²) in [6.45, 7) is 0. The first kappa shape index (κ1) is 6.97. The van der Waals surface area contributed by atoms with Crippen LogP contribution in [0.1, 0.15) is 38.5 Å². The van der Waals surface area contributed by atoms with Crippen molar-refractivity contribution in [3.8, 4) is 0 Å². The molecule has 0 aromatic heterocycles. The summed E-state index contributed by atoms with van der Waals surface area (Å²) in [6.07, 6.45) is 9.41. The first-order chi connectivity index (χ1) is 6.34. The smallest absolute Gasteiger partial charge is 0.162 e. The molecule has 0 spiro atoms. The van der Waals surface area contributed by atoms with Gasteiger partial charge in [0.25, 0.3) is 0 Å². The number of nitrogens with zero attached hydrogens (tertiary/aromatic N) is 2. The molecule has 0 aromatic rings. The van der Waals surface area contributed by atoms with Gasteiger partial charge in [-0.15, -0.1) is 0 Å². The maximum absolute atomic E-state index is 4.22. The average Bonchev–Trinajstić information content (AvgIpc) is 2.81. The van der Waals surface area contributed by atoms with Crippen LogP contribution in [0.25, 0.3) is 0 Å². The minimum absolute atomic E-state index is 0.445. The van der Waals surface area contributed by atoms with Gasteiger partial charge in [-0.1, -0.05) is 0 Å². The van der Waals surface area contributed by atoms with E-state index in [1.807, 2.05) is 0 Å². The highest BCUT2D eigenvalue weighted by Crippen LogP contribution is 2.63. The van der Waals surface area contributed by atoms with Crippen LogP contribution in [0, 0.1) is 23.2 Å². The van der Waals surface area contributed by atoms with E-state index in [9.17, 15) is 0 Å². The van der Waals surface area contributed by atoms with Crippen molar-refractivity contribution in [2.75, 3.05) is 0 Å². The van der Waals surface area contributed by atoms with Crippen molar-refractivity contribution in [2.45, 2.75) is 44.7 Å². The van der Waals surface area contributed by atoms with Crippen molar-refractivity contribution < 1.29 is 0 Å².